The smallest absolute Gasteiger partial charge is 0.156 e. The van der Waals surface area contributed by atoms with Crippen molar-refractivity contribution in [3.8, 4) is 0 Å². The molecule has 72 valence electrons. The van der Waals surface area contributed by atoms with Crippen molar-refractivity contribution < 1.29 is 0 Å². The Bertz CT molecular complexity index is 468. The highest BCUT2D eigenvalue weighted by atomic mass is 14.9. The minimum Gasteiger partial charge on any atom is -0.341 e. The van der Waals surface area contributed by atoms with E-state index in [0.29, 0.717) is 0 Å². The maximum Gasteiger partial charge on any atom is 0.156 e. The Labute approximate surface area is 82.6 Å². The maximum atomic E-state index is 4.35. The van der Waals surface area contributed by atoms with Crippen LogP contribution in [0.1, 0.15) is 36.4 Å². The molecule has 0 spiro atoms. The van der Waals surface area contributed by atoms with E-state index in [0.717, 1.165) is 17.1 Å². The normalized spacial score (nSPS) is 17.2. The second-order valence-corrected chi connectivity index (χ2v) is 4.05. The molecular formula is C11H13N3. The zero-order valence-corrected chi connectivity index (χ0v) is 8.25. The fraction of sp³-hybridized carbons (Fsp3) is 0.455. The van der Waals surface area contributed by atoms with E-state index >= 15 is 0 Å². The second-order valence-electron chi connectivity index (χ2n) is 4.05. The minimum absolute atomic E-state index is 0.728. The summed E-state index contributed by atoms with van der Waals surface area (Å²) in [5.41, 5.74) is 4.62. The van der Waals surface area contributed by atoms with Crippen molar-refractivity contribution in [2.75, 3.05) is 0 Å². The summed E-state index contributed by atoms with van der Waals surface area (Å²) in [4.78, 5) is 12.0. The van der Waals surface area contributed by atoms with E-state index in [1.165, 1.54) is 30.5 Å². The van der Waals surface area contributed by atoms with Gasteiger partial charge in [0.15, 0.2) is 5.65 Å². The van der Waals surface area contributed by atoms with Gasteiger partial charge in [-0.05, 0) is 31.2 Å². The fourth-order valence-corrected chi connectivity index (χ4v) is 2.16. The zero-order chi connectivity index (χ0) is 9.54. The SMILES string of the molecule is Cc1c(C2CCC2)[nH]c2nccnc12. The lowest BCUT2D eigenvalue weighted by molar-refractivity contribution is 0.411. The second kappa shape index (κ2) is 2.80. The first kappa shape index (κ1) is 7.97. The van der Waals surface area contributed by atoms with Gasteiger partial charge in [0.25, 0.3) is 0 Å². The third kappa shape index (κ3) is 0.983. The highest BCUT2D eigenvalue weighted by Gasteiger charge is 2.24. The first-order valence-electron chi connectivity index (χ1n) is 5.15. The Kier molecular flexibility index (Phi) is 1.60. The molecule has 3 heteroatoms. The Morgan fingerprint density at radius 1 is 1.29 bits per heavy atom. The molecule has 14 heavy (non-hydrogen) atoms. The van der Waals surface area contributed by atoms with Crippen LogP contribution < -0.4 is 0 Å². The Morgan fingerprint density at radius 3 is 2.71 bits per heavy atom. The third-order valence-electron chi connectivity index (χ3n) is 3.22. The largest absolute Gasteiger partial charge is 0.341 e. The van der Waals surface area contributed by atoms with Crippen molar-refractivity contribution in [1.29, 1.82) is 0 Å². The van der Waals surface area contributed by atoms with Crippen molar-refractivity contribution in [2.45, 2.75) is 32.1 Å². The van der Waals surface area contributed by atoms with Gasteiger partial charge >= 0.3 is 0 Å². The first-order valence-corrected chi connectivity index (χ1v) is 5.15. The van der Waals surface area contributed by atoms with Gasteiger partial charge in [0.05, 0.1) is 0 Å². The lowest BCUT2D eigenvalue weighted by atomic mass is 9.82. The Hall–Kier alpha value is -1.38. The lowest BCUT2D eigenvalue weighted by Gasteiger charge is -2.24. The van der Waals surface area contributed by atoms with E-state index in [2.05, 4.69) is 21.9 Å². The number of rotatable bonds is 1. The number of aromatic nitrogens is 3. The molecule has 3 nitrogen and oxygen atoms in total. The molecular weight excluding hydrogens is 174 g/mol. The molecule has 0 aliphatic heterocycles. The number of nitrogens with one attached hydrogen (secondary N) is 1. The topological polar surface area (TPSA) is 41.6 Å². The van der Waals surface area contributed by atoms with Gasteiger partial charge in [-0.2, -0.15) is 0 Å². The third-order valence-corrected chi connectivity index (χ3v) is 3.22. The predicted molar refractivity (Wildman–Crippen MR) is 55.2 cm³/mol. The molecule has 0 unspecified atom stereocenters. The van der Waals surface area contributed by atoms with Gasteiger partial charge in [-0.25, -0.2) is 4.98 Å². The summed E-state index contributed by atoms with van der Waals surface area (Å²) < 4.78 is 0. The van der Waals surface area contributed by atoms with Crippen LogP contribution in [0.25, 0.3) is 11.2 Å². The van der Waals surface area contributed by atoms with Crippen LogP contribution in [0.5, 0.6) is 0 Å². The van der Waals surface area contributed by atoms with Gasteiger partial charge in [0, 0.05) is 18.1 Å². The highest BCUT2D eigenvalue weighted by molar-refractivity contribution is 5.76. The van der Waals surface area contributed by atoms with E-state index in [1.807, 2.05) is 0 Å². The molecule has 1 aliphatic carbocycles. The summed E-state index contributed by atoms with van der Waals surface area (Å²) in [7, 11) is 0. The summed E-state index contributed by atoms with van der Waals surface area (Å²) in [5, 5.41) is 0. The number of fused-ring (bicyclic) bond motifs is 1. The van der Waals surface area contributed by atoms with Gasteiger partial charge < -0.3 is 4.98 Å². The van der Waals surface area contributed by atoms with Gasteiger partial charge in [-0.3, -0.25) is 4.98 Å². The minimum atomic E-state index is 0.728. The van der Waals surface area contributed by atoms with Gasteiger partial charge in [0.1, 0.15) is 5.52 Å². The average Bonchev–Trinajstić information content (AvgIpc) is 2.43. The number of hydrogen-bond acceptors (Lipinski definition) is 2. The number of H-pyrrole nitrogens is 1. The standard InChI is InChI=1S/C11H13N3/c1-7-9(8-3-2-4-8)14-11-10(7)12-5-6-13-11/h5-6,8H,2-4H2,1H3,(H,13,14). The molecule has 0 bridgehead atoms. The van der Waals surface area contributed by atoms with E-state index in [4.69, 9.17) is 0 Å². The lowest BCUT2D eigenvalue weighted by Crippen LogP contribution is -2.10. The summed E-state index contributed by atoms with van der Waals surface area (Å²) in [5.74, 6) is 0.728. The molecule has 1 aliphatic rings. The van der Waals surface area contributed by atoms with E-state index in [-0.39, 0.29) is 0 Å². The molecule has 1 saturated carbocycles. The molecule has 2 aromatic heterocycles. The predicted octanol–water partition coefficient (Wildman–Crippen LogP) is 2.53. The molecule has 1 fully saturated rings. The number of nitrogens with zero attached hydrogens (tertiary/aromatic N) is 2. The molecule has 2 heterocycles. The summed E-state index contributed by atoms with van der Waals surface area (Å²) in [6.45, 7) is 2.14. The summed E-state index contributed by atoms with van der Waals surface area (Å²) in [6, 6.07) is 0. The quantitative estimate of drug-likeness (QED) is 0.745. The maximum absolute atomic E-state index is 4.35. The molecule has 0 amide bonds. The molecule has 1 N–H and O–H groups in total. The number of hydrogen-bond donors (Lipinski definition) is 1. The Morgan fingerprint density at radius 2 is 2.07 bits per heavy atom. The van der Waals surface area contributed by atoms with Gasteiger partial charge in [-0.15, -0.1) is 0 Å². The van der Waals surface area contributed by atoms with Crippen LogP contribution in [0.15, 0.2) is 12.4 Å². The van der Waals surface area contributed by atoms with E-state index in [1.54, 1.807) is 12.4 Å². The van der Waals surface area contributed by atoms with Crippen LogP contribution in [0, 0.1) is 6.92 Å². The summed E-state index contributed by atoms with van der Waals surface area (Å²) >= 11 is 0. The fourth-order valence-electron chi connectivity index (χ4n) is 2.16. The van der Waals surface area contributed by atoms with Crippen LogP contribution >= 0.6 is 0 Å². The van der Waals surface area contributed by atoms with Crippen LogP contribution in [-0.4, -0.2) is 15.0 Å². The Balaban J connectivity index is 2.19. The number of aromatic amines is 1. The van der Waals surface area contributed by atoms with Crippen molar-refractivity contribution in [1.82, 2.24) is 15.0 Å². The number of aryl methyl sites for hydroxylation is 1. The molecule has 2 aromatic rings. The zero-order valence-electron chi connectivity index (χ0n) is 8.25. The van der Waals surface area contributed by atoms with Crippen LogP contribution in [0.3, 0.4) is 0 Å². The van der Waals surface area contributed by atoms with Gasteiger partial charge in [-0.1, -0.05) is 6.42 Å². The molecule has 0 atom stereocenters. The van der Waals surface area contributed by atoms with Crippen LogP contribution in [-0.2, 0) is 0 Å². The molecule has 3 rings (SSSR count). The first-order chi connectivity index (χ1) is 6.86. The van der Waals surface area contributed by atoms with Crippen molar-refractivity contribution in [3.05, 3.63) is 23.7 Å². The molecule has 0 aromatic carbocycles. The van der Waals surface area contributed by atoms with E-state index < -0.39 is 0 Å². The van der Waals surface area contributed by atoms with Crippen LogP contribution in [0.2, 0.25) is 0 Å². The van der Waals surface area contributed by atoms with E-state index in [9.17, 15) is 0 Å². The van der Waals surface area contributed by atoms with Crippen molar-refractivity contribution in [3.63, 3.8) is 0 Å². The monoisotopic (exact) mass is 187 g/mol. The van der Waals surface area contributed by atoms with Gasteiger partial charge in [0.2, 0.25) is 0 Å². The van der Waals surface area contributed by atoms with Crippen LogP contribution in [0.4, 0.5) is 0 Å². The molecule has 0 radical (unpaired) electrons. The molecule has 0 saturated heterocycles. The van der Waals surface area contributed by atoms with Crippen molar-refractivity contribution >= 4 is 11.2 Å². The summed E-state index contributed by atoms with van der Waals surface area (Å²) in [6.07, 6.45) is 7.48. The average molecular weight is 187 g/mol. The van der Waals surface area contributed by atoms with Crippen molar-refractivity contribution in [2.24, 2.45) is 0 Å². The highest BCUT2D eigenvalue weighted by Crippen LogP contribution is 2.38.